The lowest BCUT2D eigenvalue weighted by Crippen LogP contribution is -2.48. The van der Waals surface area contributed by atoms with E-state index in [-0.39, 0.29) is 17.5 Å². The highest BCUT2D eigenvalue weighted by atomic mass is 19.1. The summed E-state index contributed by atoms with van der Waals surface area (Å²) >= 11 is 0. The number of benzene rings is 1. The third-order valence-corrected chi connectivity index (χ3v) is 5.54. The molecule has 0 radical (unpaired) electrons. The van der Waals surface area contributed by atoms with Crippen LogP contribution >= 0.6 is 0 Å². The summed E-state index contributed by atoms with van der Waals surface area (Å²) < 4.78 is 15.1. The molecule has 5 nitrogen and oxygen atoms in total. The van der Waals surface area contributed by atoms with Crippen molar-refractivity contribution >= 4 is 23.1 Å². The van der Waals surface area contributed by atoms with Crippen LogP contribution in [0.3, 0.4) is 0 Å². The molecular weight excluding hydrogens is 357 g/mol. The van der Waals surface area contributed by atoms with Gasteiger partial charge in [-0.2, -0.15) is 0 Å². The van der Waals surface area contributed by atoms with Crippen LogP contribution in [0.1, 0.15) is 61.5 Å². The Morgan fingerprint density at radius 2 is 2.14 bits per heavy atom. The zero-order valence-corrected chi connectivity index (χ0v) is 16.6. The van der Waals surface area contributed by atoms with E-state index in [0.717, 1.165) is 35.1 Å². The van der Waals surface area contributed by atoms with Crippen LogP contribution in [-0.4, -0.2) is 30.9 Å². The number of rotatable bonds is 3. The summed E-state index contributed by atoms with van der Waals surface area (Å²) in [6.07, 6.45) is 2.89. The number of primary amides is 1. The Labute approximate surface area is 165 Å². The zero-order chi connectivity index (χ0) is 20.4. The summed E-state index contributed by atoms with van der Waals surface area (Å²) in [5.74, 6) is 3.98. The topological polar surface area (TPSA) is 75.4 Å². The van der Waals surface area contributed by atoms with Crippen LogP contribution in [0, 0.1) is 17.7 Å². The quantitative estimate of drug-likeness (QED) is 0.788. The maximum atomic E-state index is 15.1. The van der Waals surface area contributed by atoms with Gasteiger partial charge >= 0.3 is 0 Å². The SMILES string of the molecule is CCC#CC(=O)N[C@H]1CCCN(c2c(F)cc(C(N)=O)c3c2C(C)=C(C)C3)C1. The second-order valence-corrected chi connectivity index (χ2v) is 7.47. The predicted molar refractivity (Wildman–Crippen MR) is 108 cm³/mol. The Morgan fingerprint density at radius 3 is 2.82 bits per heavy atom. The fourth-order valence-corrected chi connectivity index (χ4v) is 4.10. The number of anilines is 1. The number of fused-ring (bicyclic) bond motifs is 1. The van der Waals surface area contributed by atoms with Crippen molar-refractivity contribution in [2.24, 2.45) is 5.73 Å². The lowest BCUT2D eigenvalue weighted by molar-refractivity contribution is -0.116. The molecule has 148 valence electrons. The first-order valence-electron chi connectivity index (χ1n) is 9.69. The van der Waals surface area contributed by atoms with Gasteiger partial charge in [-0.1, -0.05) is 18.4 Å². The van der Waals surface area contributed by atoms with Gasteiger partial charge in [-0.15, -0.1) is 0 Å². The molecule has 1 aliphatic heterocycles. The predicted octanol–water partition coefficient (Wildman–Crippen LogP) is 2.77. The molecule has 28 heavy (non-hydrogen) atoms. The van der Waals surface area contributed by atoms with Crippen molar-refractivity contribution in [2.45, 2.75) is 52.5 Å². The van der Waals surface area contributed by atoms with Crippen LogP contribution in [0.5, 0.6) is 0 Å². The van der Waals surface area contributed by atoms with Crippen LogP contribution in [0.15, 0.2) is 11.6 Å². The summed E-state index contributed by atoms with van der Waals surface area (Å²) in [5.41, 5.74) is 9.95. The minimum atomic E-state index is -0.609. The van der Waals surface area contributed by atoms with E-state index in [0.29, 0.717) is 31.6 Å². The van der Waals surface area contributed by atoms with Crippen molar-refractivity contribution in [1.82, 2.24) is 5.32 Å². The van der Waals surface area contributed by atoms with E-state index in [4.69, 9.17) is 5.73 Å². The number of hydrogen-bond acceptors (Lipinski definition) is 3. The zero-order valence-electron chi connectivity index (χ0n) is 16.6. The normalized spacial score (nSPS) is 18.4. The first-order chi connectivity index (χ1) is 13.3. The largest absolute Gasteiger partial charge is 0.367 e. The molecule has 3 N–H and O–H groups in total. The molecule has 0 spiro atoms. The van der Waals surface area contributed by atoms with E-state index >= 15 is 4.39 Å². The molecule has 0 aromatic heterocycles. The van der Waals surface area contributed by atoms with Gasteiger partial charge in [0.15, 0.2) is 0 Å². The monoisotopic (exact) mass is 383 g/mol. The minimum absolute atomic E-state index is 0.0925. The Balaban J connectivity index is 1.94. The van der Waals surface area contributed by atoms with Gasteiger partial charge in [0.05, 0.1) is 5.69 Å². The summed E-state index contributed by atoms with van der Waals surface area (Å²) in [5, 5.41) is 2.93. The molecular formula is C22H26FN3O2. The maximum absolute atomic E-state index is 15.1. The number of amides is 2. The van der Waals surface area contributed by atoms with Crippen molar-refractivity contribution in [3.63, 3.8) is 0 Å². The van der Waals surface area contributed by atoms with E-state index in [1.807, 2.05) is 25.7 Å². The van der Waals surface area contributed by atoms with Crippen LogP contribution in [0.4, 0.5) is 10.1 Å². The molecule has 1 atom stereocenters. The molecule has 1 aromatic rings. The maximum Gasteiger partial charge on any atom is 0.296 e. The van der Waals surface area contributed by atoms with E-state index in [1.165, 1.54) is 6.07 Å². The van der Waals surface area contributed by atoms with Crippen LogP contribution < -0.4 is 16.0 Å². The first kappa shape index (κ1) is 19.9. The molecule has 2 amide bonds. The molecule has 2 aliphatic rings. The highest BCUT2D eigenvalue weighted by Crippen LogP contribution is 2.43. The Hall–Kier alpha value is -2.81. The lowest BCUT2D eigenvalue weighted by Gasteiger charge is -2.36. The fourth-order valence-electron chi connectivity index (χ4n) is 4.10. The van der Waals surface area contributed by atoms with Gasteiger partial charge < -0.3 is 16.0 Å². The van der Waals surface area contributed by atoms with Gasteiger partial charge in [0.25, 0.3) is 5.91 Å². The first-order valence-corrected chi connectivity index (χ1v) is 9.69. The Morgan fingerprint density at radius 1 is 1.39 bits per heavy atom. The van der Waals surface area contributed by atoms with Crippen molar-refractivity contribution in [3.05, 3.63) is 34.1 Å². The summed E-state index contributed by atoms with van der Waals surface area (Å²) in [6, 6.07) is 1.17. The summed E-state index contributed by atoms with van der Waals surface area (Å²) in [4.78, 5) is 25.8. The van der Waals surface area contributed by atoms with Crippen LogP contribution in [-0.2, 0) is 11.2 Å². The number of carbonyl (C=O) groups excluding carboxylic acids is 2. The highest BCUT2D eigenvalue weighted by molar-refractivity contribution is 5.99. The number of carbonyl (C=O) groups is 2. The van der Waals surface area contributed by atoms with Gasteiger partial charge in [-0.3, -0.25) is 9.59 Å². The summed E-state index contributed by atoms with van der Waals surface area (Å²) in [7, 11) is 0. The van der Waals surface area contributed by atoms with E-state index < -0.39 is 11.7 Å². The molecule has 1 heterocycles. The van der Waals surface area contributed by atoms with Crippen LogP contribution in [0.2, 0.25) is 0 Å². The van der Waals surface area contributed by atoms with Gasteiger partial charge in [-0.05, 0) is 56.2 Å². The molecule has 0 saturated carbocycles. The van der Waals surface area contributed by atoms with Gasteiger partial charge in [0.1, 0.15) is 5.82 Å². The van der Waals surface area contributed by atoms with Crippen molar-refractivity contribution in [3.8, 4) is 11.8 Å². The summed E-state index contributed by atoms with van der Waals surface area (Å²) in [6.45, 7) is 7.04. The number of nitrogens with zero attached hydrogens (tertiary/aromatic N) is 1. The number of allylic oxidation sites excluding steroid dienone is 2. The number of nitrogens with one attached hydrogen (secondary N) is 1. The molecule has 6 heteroatoms. The number of piperidine rings is 1. The second-order valence-electron chi connectivity index (χ2n) is 7.47. The number of hydrogen-bond donors (Lipinski definition) is 2. The van der Waals surface area contributed by atoms with E-state index in [9.17, 15) is 9.59 Å². The Kier molecular flexibility index (Phi) is 5.73. The molecule has 1 aliphatic carbocycles. The third-order valence-electron chi connectivity index (χ3n) is 5.54. The van der Waals surface area contributed by atoms with E-state index in [2.05, 4.69) is 17.2 Å². The minimum Gasteiger partial charge on any atom is -0.367 e. The fraction of sp³-hybridized carbons (Fsp3) is 0.455. The second kappa shape index (κ2) is 8.05. The van der Waals surface area contributed by atoms with Gasteiger partial charge in [0, 0.05) is 36.7 Å². The number of halogens is 1. The Bertz CT molecular complexity index is 924. The average Bonchev–Trinajstić information content (AvgIpc) is 2.94. The van der Waals surface area contributed by atoms with Crippen molar-refractivity contribution in [2.75, 3.05) is 18.0 Å². The van der Waals surface area contributed by atoms with Gasteiger partial charge in [-0.25, -0.2) is 4.39 Å². The lowest BCUT2D eigenvalue weighted by atomic mass is 9.95. The molecule has 0 unspecified atom stereocenters. The van der Waals surface area contributed by atoms with E-state index in [1.54, 1.807) is 0 Å². The average molecular weight is 383 g/mol. The number of nitrogens with two attached hydrogens (primary N) is 1. The standard InChI is InChI=1S/C22H26FN3O2/c1-4-5-8-19(27)25-15-7-6-9-26(12-15)21-18(23)11-17(22(24)28)16-10-13(2)14(3)20(16)21/h11,15H,4,6-7,9-10,12H2,1-3H3,(H2,24,28)(H,25,27)/t15-/m0/s1. The highest BCUT2D eigenvalue weighted by Gasteiger charge is 2.31. The third kappa shape index (κ3) is 3.75. The molecule has 3 rings (SSSR count). The van der Waals surface area contributed by atoms with Gasteiger partial charge in [0.2, 0.25) is 5.91 Å². The molecule has 1 saturated heterocycles. The molecule has 1 fully saturated rings. The molecule has 1 aromatic carbocycles. The van der Waals surface area contributed by atoms with Crippen molar-refractivity contribution in [1.29, 1.82) is 0 Å². The molecule has 0 bridgehead atoms. The van der Waals surface area contributed by atoms with Crippen LogP contribution in [0.25, 0.3) is 5.57 Å². The van der Waals surface area contributed by atoms with Crippen molar-refractivity contribution < 1.29 is 14.0 Å². The smallest absolute Gasteiger partial charge is 0.296 e.